The van der Waals surface area contributed by atoms with Gasteiger partial charge in [0.2, 0.25) is 10.0 Å². The van der Waals surface area contributed by atoms with Crippen LogP contribution >= 0.6 is 0 Å². The Morgan fingerprint density at radius 3 is 2.16 bits per heavy atom. The number of nitrogens with two attached hydrogens (primary N) is 1. The van der Waals surface area contributed by atoms with Crippen LogP contribution in [-0.4, -0.2) is 34.0 Å². The number of hydrogen-bond donors (Lipinski definition) is 4. The van der Waals surface area contributed by atoms with E-state index < -0.39 is 32.1 Å². The van der Waals surface area contributed by atoms with Crippen LogP contribution in [0.15, 0.2) is 88.7 Å². The Bertz CT molecular complexity index is 1330. The van der Waals surface area contributed by atoms with Crippen LogP contribution in [0.5, 0.6) is 0 Å². The van der Waals surface area contributed by atoms with E-state index in [0.29, 0.717) is 5.56 Å². The largest absolute Gasteiger partial charge is 0.480 e. The Morgan fingerprint density at radius 2 is 1.50 bits per heavy atom. The third-order valence-electron chi connectivity index (χ3n) is 4.44. The maximum absolute atomic E-state index is 12.6. The topological polar surface area (TPSA) is 156 Å². The predicted molar refractivity (Wildman–Crippen MR) is 120 cm³/mol. The van der Waals surface area contributed by atoms with Crippen molar-refractivity contribution < 1.29 is 26.7 Å². The van der Waals surface area contributed by atoms with E-state index in [2.05, 4.69) is 9.44 Å². The molecule has 3 aromatic carbocycles. The van der Waals surface area contributed by atoms with Crippen LogP contribution in [0.1, 0.15) is 5.56 Å². The predicted octanol–water partition coefficient (Wildman–Crippen LogP) is 2.04. The van der Waals surface area contributed by atoms with Crippen molar-refractivity contribution in [2.24, 2.45) is 0 Å². The molecule has 0 amide bonds. The average Bonchev–Trinajstić information content (AvgIpc) is 2.74. The second kappa shape index (κ2) is 9.39. The van der Waals surface area contributed by atoms with Gasteiger partial charge in [-0.15, -0.1) is 0 Å². The molecule has 0 fully saturated rings. The first-order chi connectivity index (χ1) is 15.1. The van der Waals surface area contributed by atoms with Gasteiger partial charge in [0, 0.05) is 11.4 Å². The summed E-state index contributed by atoms with van der Waals surface area (Å²) in [7, 11) is -7.98. The standard InChI is InChI=1S/C21H21N3O6S2/c22-16-7-5-11-19(14-16)32(29,30)23-17-8-4-6-15(12-17)13-20(21(25)26)24-31(27,28)18-9-2-1-3-10-18/h1-12,14,20,23-24H,13,22H2,(H,25,26). The van der Waals surface area contributed by atoms with Crippen molar-refractivity contribution in [2.45, 2.75) is 22.3 Å². The molecule has 0 aliphatic rings. The van der Waals surface area contributed by atoms with Crippen LogP contribution in [0.4, 0.5) is 11.4 Å². The van der Waals surface area contributed by atoms with Gasteiger partial charge in [-0.2, -0.15) is 4.72 Å². The summed E-state index contributed by atoms with van der Waals surface area (Å²) in [5.74, 6) is -1.37. The Kier molecular flexibility index (Phi) is 6.82. The van der Waals surface area contributed by atoms with Gasteiger partial charge in [0.1, 0.15) is 6.04 Å². The molecule has 3 aromatic rings. The number of hydrogen-bond acceptors (Lipinski definition) is 6. The maximum atomic E-state index is 12.6. The van der Waals surface area contributed by atoms with Gasteiger partial charge in [-0.3, -0.25) is 9.52 Å². The Hall–Kier alpha value is -3.41. The van der Waals surface area contributed by atoms with E-state index in [1.165, 1.54) is 60.7 Å². The maximum Gasteiger partial charge on any atom is 0.322 e. The molecule has 1 atom stereocenters. The molecule has 168 valence electrons. The van der Waals surface area contributed by atoms with Crippen LogP contribution in [0.2, 0.25) is 0 Å². The first-order valence-electron chi connectivity index (χ1n) is 9.34. The SMILES string of the molecule is Nc1cccc(S(=O)(=O)Nc2cccc(CC(NS(=O)(=O)c3ccccc3)C(=O)O)c2)c1. The molecule has 0 spiro atoms. The van der Waals surface area contributed by atoms with Crippen LogP contribution in [0.25, 0.3) is 0 Å². The molecule has 9 nitrogen and oxygen atoms in total. The first-order valence-corrected chi connectivity index (χ1v) is 12.3. The van der Waals surface area contributed by atoms with Gasteiger partial charge in [0.05, 0.1) is 9.79 Å². The zero-order valence-electron chi connectivity index (χ0n) is 16.7. The van der Waals surface area contributed by atoms with E-state index in [4.69, 9.17) is 5.73 Å². The van der Waals surface area contributed by atoms with Crippen LogP contribution in [0.3, 0.4) is 0 Å². The van der Waals surface area contributed by atoms with E-state index in [1.807, 2.05) is 0 Å². The Labute approximate surface area is 186 Å². The lowest BCUT2D eigenvalue weighted by Crippen LogP contribution is -2.42. The number of rotatable bonds is 9. The molecule has 1 unspecified atom stereocenters. The molecule has 0 aliphatic carbocycles. The van der Waals surface area contributed by atoms with Crippen molar-refractivity contribution in [3.8, 4) is 0 Å². The lowest BCUT2D eigenvalue weighted by Gasteiger charge is -2.16. The highest BCUT2D eigenvalue weighted by atomic mass is 32.2. The molecular formula is C21H21N3O6S2. The molecule has 0 radical (unpaired) electrons. The minimum absolute atomic E-state index is 0.0260. The smallest absolute Gasteiger partial charge is 0.322 e. The normalized spacial score (nSPS) is 12.8. The van der Waals surface area contributed by atoms with Crippen molar-refractivity contribution in [1.82, 2.24) is 4.72 Å². The molecular weight excluding hydrogens is 454 g/mol. The first kappa shape index (κ1) is 23.3. The van der Waals surface area contributed by atoms with E-state index in [0.717, 1.165) is 0 Å². The fourth-order valence-corrected chi connectivity index (χ4v) is 5.24. The molecule has 0 aromatic heterocycles. The Morgan fingerprint density at radius 1 is 0.844 bits per heavy atom. The number of benzene rings is 3. The molecule has 11 heteroatoms. The van der Waals surface area contributed by atoms with Gasteiger partial charge in [0.25, 0.3) is 10.0 Å². The average molecular weight is 476 g/mol. The summed E-state index contributed by atoms with van der Waals surface area (Å²) in [5.41, 5.74) is 6.54. The number of aliphatic carboxylic acids is 1. The fourth-order valence-electron chi connectivity index (χ4n) is 2.93. The zero-order chi connectivity index (χ0) is 23.4. The number of sulfonamides is 2. The number of carboxylic acid groups (broad SMARTS) is 1. The van der Waals surface area contributed by atoms with Gasteiger partial charge in [-0.25, -0.2) is 16.8 Å². The minimum atomic E-state index is -4.06. The van der Waals surface area contributed by atoms with Crippen molar-refractivity contribution in [2.75, 3.05) is 10.5 Å². The second-order valence-electron chi connectivity index (χ2n) is 6.91. The third-order valence-corrected chi connectivity index (χ3v) is 7.30. The molecule has 5 N–H and O–H groups in total. The summed E-state index contributed by atoms with van der Waals surface area (Å²) in [6.07, 6.45) is -0.199. The van der Waals surface area contributed by atoms with E-state index >= 15 is 0 Å². The third kappa shape index (κ3) is 5.84. The molecule has 0 aliphatic heterocycles. The molecule has 0 heterocycles. The number of anilines is 2. The van der Waals surface area contributed by atoms with Gasteiger partial charge in [0.15, 0.2) is 0 Å². The second-order valence-corrected chi connectivity index (χ2v) is 10.3. The van der Waals surface area contributed by atoms with Crippen LogP contribution < -0.4 is 15.2 Å². The van der Waals surface area contributed by atoms with Gasteiger partial charge in [-0.05, 0) is 54.4 Å². The van der Waals surface area contributed by atoms with Crippen molar-refractivity contribution in [3.05, 3.63) is 84.4 Å². The quantitative estimate of drug-likeness (QED) is 0.345. The Balaban J connectivity index is 1.79. The lowest BCUT2D eigenvalue weighted by molar-refractivity contribution is -0.138. The fraction of sp³-hybridized carbons (Fsp3) is 0.0952. The highest BCUT2D eigenvalue weighted by Gasteiger charge is 2.26. The van der Waals surface area contributed by atoms with Crippen molar-refractivity contribution in [3.63, 3.8) is 0 Å². The summed E-state index contributed by atoms with van der Waals surface area (Å²) >= 11 is 0. The number of carboxylic acids is 1. The van der Waals surface area contributed by atoms with Gasteiger partial charge in [-0.1, -0.05) is 36.4 Å². The zero-order valence-corrected chi connectivity index (χ0v) is 18.3. The minimum Gasteiger partial charge on any atom is -0.480 e. The van der Waals surface area contributed by atoms with Gasteiger partial charge < -0.3 is 10.8 Å². The number of nitrogens with one attached hydrogen (secondary N) is 2. The van der Waals surface area contributed by atoms with Crippen LogP contribution in [-0.2, 0) is 31.3 Å². The molecule has 32 heavy (non-hydrogen) atoms. The molecule has 0 saturated carbocycles. The molecule has 0 bridgehead atoms. The molecule has 3 rings (SSSR count). The summed E-state index contributed by atoms with van der Waals surface area (Å²) in [6.45, 7) is 0. The highest BCUT2D eigenvalue weighted by molar-refractivity contribution is 7.92. The summed E-state index contributed by atoms with van der Waals surface area (Å²) < 4.78 is 54.8. The van der Waals surface area contributed by atoms with E-state index in [9.17, 15) is 26.7 Å². The summed E-state index contributed by atoms with van der Waals surface area (Å²) in [4.78, 5) is 11.6. The highest BCUT2D eigenvalue weighted by Crippen LogP contribution is 2.20. The monoisotopic (exact) mass is 475 g/mol. The number of carbonyl (C=O) groups is 1. The van der Waals surface area contributed by atoms with Crippen molar-refractivity contribution in [1.29, 1.82) is 0 Å². The summed E-state index contributed by atoms with van der Waals surface area (Å²) in [6, 6.07) is 17.8. The van der Waals surface area contributed by atoms with Crippen molar-refractivity contribution >= 4 is 37.4 Å². The lowest BCUT2D eigenvalue weighted by atomic mass is 10.1. The van der Waals surface area contributed by atoms with E-state index in [-0.39, 0.29) is 27.6 Å². The molecule has 0 saturated heterocycles. The van der Waals surface area contributed by atoms with E-state index in [1.54, 1.807) is 18.2 Å². The van der Waals surface area contributed by atoms with Gasteiger partial charge >= 0.3 is 5.97 Å². The summed E-state index contributed by atoms with van der Waals surface area (Å²) in [5, 5.41) is 9.52. The van der Waals surface area contributed by atoms with Crippen LogP contribution in [0, 0.1) is 0 Å². The number of nitrogen functional groups attached to an aromatic ring is 1.